The van der Waals surface area contributed by atoms with Crippen LogP contribution in [0.4, 0.5) is 4.39 Å². The number of rotatable bonds is 6. The monoisotopic (exact) mass is 343 g/mol. The highest BCUT2D eigenvalue weighted by Gasteiger charge is 2.16. The lowest BCUT2D eigenvalue weighted by atomic mass is 10.1. The fourth-order valence-corrected chi connectivity index (χ4v) is 3.70. The zero-order valence-electron chi connectivity index (χ0n) is 13.6. The first-order chi connectivity index (χ1) is 11.6. The molecule has 0 bridgehead atoms. The van der Waals surface area contributed by atoms with E-state index < -0.39 is 0 Å². The number of ether oxygens (including phenoxy) is 1. The lowest BCUT2D eigenvalue weighted by Crippen LogP contribution is -2.04. The number of nitrogens with one attached hydrogen (secondary N) is 1. The summed E-state index contributed by atoms with van der Waals surface area (Å²) in [5.74, 6) is 1.27. The molecule has 3 nitrogen and oxygen atoms in total. The van der Waals surface area contributed by atoms with Gasteiger partial charge in [0.05, 0.1) is 12.9 Å². The SMILES string of the molecule is COc1ccc(F)cc1CSCC(=O)c1c(C)[nH]c2ccccc12. The van der Waals surface area contributed by atoms with Gasteiger partial charge < -0.3 is 9.72 Å². The number of aryl methyl sites for hydroxylation is 1. The number of halogens is 1. The first-order valence-electron chi connectivity index (χ1n) is 7.61. The molecule has 124 valence electrons. The van der Waals surface area contributed by atoms with Crippen molar-refractivity contribution in [3.63, 3.8) is 0 Å². The summed E-state index contributed by atoms with van der Waals surface area (Å²) in [6, 6.07) is 12.2. The van der Waals surface area contributed by atoms with Crippen LogP contribution in [0.2, 0.25) is 0 Å². The molecule has 0 radical (unpaired) electrons. The number of aromatic amines is 1. The first kappa shape index (κ1) is 16.6. The van der Waals surface area contributed by atoms with Crippen LogP contribution >= 0.6 is 11.8 Å². The number of thioether (sulfide) groups is 1. The minimum Gasteiger partial charge on any atom is -0.496 e. The van der Waals surface area contributed by atoms with E-state index in [4.69, 9.17) is 4.74 Å². The molecule has 1 N–H and O–H groups in total. The zero-order valence-corrected chi connectivity index (χ0v) is 14.4. The largest absolute Gasteiger partial charge is 0.496 e. The molecule has 5 heteroatoms. The van der Waals surface area contributed by atoms with E-state index in [0.717, 1.165) is 27.7 Å². The van der Waals surface area contributed by atoms with Gasteiger partial charge in [-0.2, -0.15) is 0 Å². The summed E-state index contributed by atoms with van der Waals surface area (Å²) in [6.07, 6.45) is 0. The lowest BCUT2D eigenvalue weighted by molar-refractivity contribution is 0.102. The third-order valence-corrected chi connectivity index (χ3v) is 4.89. The normalized spacial score (nSPS) is 11.0. The molecule has 3 rings (SSSR count). The van der Waals surface area contributed by atoms with Crippen LogP contribution in [0, 0.1) is 12.7 Å². The van der Waals surface area contributed by atoms with E-state index in [-0.39, 0.29) is 11.6 Å². The molecule has 0 aliphatic heterocycles. The second-order valence-electron chi connectivity index (χ2n) is 5.54. The molecule has 1 heterocycles. The van der Waals surface area contributed by atoms with Gasteiger partial charge in [0.15, 0.2) is 5.78 Å². The molecular formula is C19H18FNO2S. The molecule has 1 aromatic heterocycles. The Kier molecular flexibility index (Phi) is 4.90. The zero-order chi connectivity index (χ0) is 17.1. The van der Waals surface area contributed by atoms with Crippen LogP contribution < -0.4 is 4.74 Å². The van der Waals surface area contributed by atoms with Gasteiger partial charge in [0.1, 0.15) is 11.6 Å². The minimum atomic E-state index is -0.301. The Bertz CT molecular complexity index is 888. The number of ketones is 1. The van der Waals surface area contributed by atoms with E-state index in [1.54, 1.807) is 13.2 Å². The number of fused-ring (bicyclic) bond motifs is 1. The van der Waals surface area contributed by atoms with Gasteiger partial charge in [-0.3, -0.25) is 4.79 Å². The molecule has 0 fully saturated rings. The van der Waals surface area contributed by atoms with Crippen LogP contribution in [-0.2, 0) is 5.75 Å². The molecule has 0 aliphatic carbocycles. The molecule has 0 atom stereocenters. The van der Waals surface area contributed by atoms with Gasteiger partial charge in [0, 0.05) is 33.5 Å². The summed E-state index contributed by atoms with van der Waals surface area (Å²) in [4.78, 5) is 15.8. The maximum Gasteiger partial charge on any atom is 0.175 e. The average Bonchev–Trinajstić information content (AvgIpc) is 2.90. The number of hydrogen-bond acceptors (Lipinski definition) is 3. The van der Waals surface area contributed by atoms with Crippen LogP contribution in [0.1, 0.15) is 21.6 Å². The molecule has 0 saturated carbocycles. The van der Waals surface area contributed by atoms with Gasteiger partial charge in [-0.1, -0.05) is 18.2 Å². The Morgan fingerprint density at radius 3 is 2.83 bits per heavy atom. The number of hydrogen-bond donors (Lipinski definition) is 1. The Morgan fingerprint density at radius 1 is 1.25 bits per heavy atom. The fourth-order valence-electron chi connectivity index (χ4n) is 2.82. The molecule has 0 aliphatic rings. The van der Waals surface area contributed by atoms with Crippen molar-refractivity contribution in [3.05, 3.63) is 65.1 Å². The third-order valence-electron chi connectivity index (χ3n) is 3.91. The summed E-state index contributed by atoms with van der Waals surface area (Å²) in [5, 5.41) is 0.948. The van der Waals surface area contributed by atoms with Crippen molar-refractivity contribution >= 4 is 28.4 Å². The maximum absolute atomic E-state index is 13.4. The van der Waals surface area contributed by atoms with Crippen molar-refractivity contribution in [1.29, 1.82) is 0 Å². The molecule has 0 unspecified atom stereocenters. The lowest BCUT2D eigenvalue weighted by Gasteiger charge is -2.08. The molecule has 2 aromatic carbocycles. The summed E-state index contributed by atoms with van der Waals surface area (Å²) in [7, 11) is 1.56. The number of H-pyrrole nitrogens is 1. The quantitative estimate of drug-likeness (QED) is 0.657. The number of para-hydroxylation sites is 1. The van der Waals surface area contributed by atoms with Crippen LogP contribution in [0.3, 0.4) is 0 Å². The van der Waals surface area contributed by atoms with Crippen LogP contribution in [0.25, 0.3) is 10.9 Å². The van der Waals surface area contributed by atoms with Crippen molar-refractivity contribution in [3.8, 4) is 5.75 Å². The van der Waals surface area contributed by atoms with Crippen molar-refractivity contribution < 1.29 is 13.9 Å². The highest BCUT2D eigenvalue weighted by Crippen LogP contribution is 2.27. The van der Waals surface area contributed by atoms with E-state index in [2.05, 4.69) is 4.98 Å². The van der Waals surface area contributed by atoms with Crippen LogP contribution in [-0.4, -0.2) is 23.6 Å². The number of aromatic nitrogens is 1. The second kappa shape index (κ2) is 7.09. The van der Waals surface area contributed by atoms with Crippen molar-refractivity contribution in [2.45, 2.75) is 12.7 Å². The Hall–Kier alpha value is -2.27. The standard InChI is InChI=1S/C19H18FNO2S/c1-12-19(15-5-3-4-6-16(15)21-12)17(22)11-24-10-13-9-14(20)7-8-18(13)23-2/h3-9,21H,10-11H2,1-2H3. The topological polar surface area (TPSA) is 42.1 Å². The van der Waals surface area contributed by atoms with Crippen molar-refractivity contribution in [2.75, 3.05) is 12.9 Å². The molecule has 0 spiro atoms. The van der Waals surface area contributed by atoms with Gasteiger partial charge in [-0.15, -0.1) is 11.8 Å². The fraction of sp³-hybridized carbons (Fsp3) is 0.211. The van der Waals surface area contributed by atoms with E-state index in [1.807, 2.05) is 31.2 Å². The van der Waals surface area contributed by atoms with Crippen molar-refractivity contribution in [2.24, 2.45) is 0 Å². The van der Waals surface area contributed by atoms with E-state index in [0.29, 0.717) is 17.3 Å². The van der Waals surface area contributed by atoms with Crippen LogP contribution in [0.15, 0.2) is 42.5 Å². The third kappa shape index (κ3) is 3.31. The average molecular weight is 343 g/mol. The Balaban J connectivity index is 1.72. The molecule has 0 saturated heterocycles. The summed E-state index contributed by atoms with van der Waals surface area (Å²) in [6.45, 7) is 1.91. The second-order valence-corrected chi connectivity index (χ2v) is 6.53. The number of carbonyl (C=O) groups excluding carboxylic acids is 1. The smallest absolute Gasteiger partial charge is 0.175 e. The van der Waals surface area contributed by atoms with Gasteiger partial charge in [0.25, 0.3) is 0 Å². The number of benzene rings is 2. The molecule has 3 aromatic rings. The highest BCUT2D eigenvalue weighted by molar-refractivity contribution is 7.99. The predicted octanol–water partition coefficient (Wildman–Crippen LogP) is 4.74. The maximum atomic E-state index is 13.4. The Morgan fingerprint density at radius 2 is 2.04 bits per heavy atom. The molecular weight excluding hydrogens is 325 g/mol. The summed E-state index contributed by atoms with van der Waals surface area (Å²) < 4.78 is 18.6. The predicted molar refractivity (Wildman–Crippen MR) is 96.5 cm³/mol. The highest BCUT2D eigenvalue weighted by atomic mass is 32.2. The van der Waals surface area contributed by atoms with Crippen LogP contribution in [0.5, 0.6) is 5.75 Å². The minimum absolute atomic E-state index is 0.0744. The van der Waals surface area contributed by atoms with Crippen molar-refractivity contribution in [1.82, 2.24) is 4.98 Å². The van der Waals surface area contributed by atoms with E-state index in [1.165, 1.54) is 23.9 Å². The molecule has 0 amide bonds. The van der Waals surface area contributed by atoms with Gasteiger partial charge in [-0.25, -0.2) is 4.39 Å². The summed E-state index contributed by atoms with van der Waals surface area (Å²) >= 11 is 1.46. The number of methoxy groups -OCH3 is 1. The van der Waals surface area contributed by atoms with Gasteiger partial charge in [-0.05, 0) is 31.2 Å². The Labute approximate surface area is 144 Å². The molecule has 24 heavy (non-hydrogen) atoms. The number of carbonyl (C=O) groups is 1. The first-order valence-corrected chi connectivity index (χ1v) is 8.76. The van der Waals surface area contributed by atoms with Gasteiger partial charge >= 0.3 is 0 Å². The van der Waals surface area contributed by atoms with Gasteiger partial charge in [0.2, 0.25) is 0 Å². The van der Waals surface area contributed by atoms with E-state index in [9.17, 15) is 9.18 Å². The summed E-state index contributed by atoms with van der Waals surface area (Å²) in [5.41, 5.74) is 3.34. The number of Topliss-reactive ketones (excluding diaryl/α,β-unsaturated/α-hetero) is 1. The van der Waals surface area contributed by atoms with E-state index >= 15 is 0 Å².